The van der Waals surface area contributed by atoms with Crippen LogP contribution in [0.1, 0.15) is 24.4 Å². The first kappa shape index (κ1) is 9.97. The summed E-state index contributed by atoms with van der Waals surface area (Å²) < 4.78 is 11.4. The van der Waals surface area contributed by atoms with Crippen LogP contribution >= 0.6 is 0 Å². The minimum Gasteiger partial charge on any atom is -0.486 e. The molecule has 1 aromatic rings. The van der Waals surface area contributed by atoms with Crippen molar-refractivity contribution in [3.63, 3.8) is 0 Å². The Morgan fingerprint density at radius 2 is 2.12 bits per heavy atom. The van der Waals surface area contributed by atoms with Crippen LogP contribution in [0, 0.1) is 0 Å². The molecular formula is C13H17NO2. The molecular weight excluding hydrogens is 202 g/mol. The number of hydrogen-bond donors (Lipinski definition) is 0. The minimum atomic E-state index is 0.497. The van der Waals surface area contributed by atoms with E-state index in [9.17, 15) is 0 Å². The van der Waals surface area contributed by atoms with Crippen LogP contribution in [0.2, 0.25) is 0 Å². The van der Waals surface area contributed by atoms with E-state index in [0.29, 0.717) is 19.3 Å². The molecule has 1 aromatic carbocycles. The summed E-state index contributed by atoms with van der Waals surface area (Å²) in [6.07, 6.45) is 2.49. The molecule has 1 fully saturated rings. The Morgan fingerprint density at radius 1 is 1.25 bits per heavy atom. The second-order valence-electron chi connectivity index (χ2n) is 4.51. The molecule has 3 heteroatoms. The molecule has 3 nitrogen and oxygen atoms in total. The zero-order valence-electron chi connectivity index (χ0n) is 9.61. The van der Waals surface area contributed by atoms with Crippen LogP contribution in [-0.2, 0) is 0 Å². The lowest BCUT2D eigenvalue weighted by molar-refractivity contribution is 0.166. The van der Waals surface area contributed by atoms with Gasteiger partial charge in [0.1, 0.15) is 13.2 Å². The van der Waals surface area contributed by atoms with Crippen molar-refractivity contribution in [1.29, 1.82) is 0 Å². The Kier molecular flexibility index (Phi) is 2.48. The average Bonchev–Trinajstić information content (AvgIpc) is 2.75. The summed E-state index contributed by atoms with van der Waals surface area (Å²) in [6, 6.07) is 6.72. The third kappa shape index (κ3) is 1.55. The largest absolute Gasteiger partial charge is 0.486 e. The summed E-state index contributed by atoms with van der Waals surface area (Å²) in [7, 11) is 2.18. The molecule has 1 atom stereocenters. The van der Waals surface area contributed by atoms with E-state index in [2.05, 4.69) is 24.1 Å². The number of hydrogen-bond acceptors (Lipinski definition) is 3. The molecule has 86 valence electrons. The van der Waals surface area contributed by atoms with E-state index >= 15 is 0 Å². The predicted octanol–water partition coefficient (Wildman–Crippen LogP) is 2.22. The summed E-state index contributed by atoms with van der Waals surface area (Å²) in [6.45, 7) is 2.51. The van der Waals surface area contributed by atoms with Crippen LogP contribution < -0.4 is 9.47 Å². The van der Waals surface area contributed by atoms with E-state index in [0.717, 1.165) is 11.5 Å². The standard InChI is InChI=1S/C13H17NO2/c1-14-7-3-5-11(14)10-4-2-6-12-13(10)16-9-8-15-12/h2,4,6,11H,3,5,7-9H2,1H3/t11-/m0/s1. The van der Waals surface area contributed by atoms with Crippen LogP contribution in [0.3, 0.4) is 0 Å². The van der Waals surface area contributed by atoms with E-state index in [4.69, 9.17) is 9.47 Å². The molecule has 0 aliphatic carbocycles. The Morgan fingerprint density at radius 3 is 2.94 bits per heavy atom. The van der Waals surface area contributed by atoms with E-state index < -0.39 is 0 Å². The lowest BCUT2D eigenvalue weighted by Gasteiger charge is -2.26. The first-order chi connectivity index (χ1) is 7.86. The van der Waals surface area contributed by atoms with Gasteiger partial charge in [-0.15, -0.1) is 0 Å². The predicted molar refractivity (Wildman–Crippen MR) is 62.0 cm³/mol. The fourth-order valence-corrected chi connectivity index (χ4v) is 2.66. The zero-order chi connectivity index (χ0) is 11.0. The summed E-state index contributed by atoms with van der Waals surface area (Å²) in [5, 5.41) is 0. The van der Waals surface area contributed by atoms with Crippen molar-refractivity contribution in [1.82, 2.24) is 4.90 Å². The SMILES string of the molecule is CN1CCC[C@H]1c1cccc2c1OCCO2. The van der Waals surface area contributed by atoms with Gasteiger partial charge in [0.05, 0.1) is 0 Å². The van der Waals surface area contributed by atoms with E-state index in [1.54, 1.807) is 0 Å². The highest BCUT2D eigenvalue weighted by Gasteiger charge is 2.27. The summed E-state index contributed by atoms with van der Waals surface area (Å²) in [5.41, 5.74) is 1.29. The summed E-state index contributed by atoms with van der Waals surface area (Å²) in [4.78, 5) is 2.40. The quantitative estimate of drug-likeness (QED) is 0.723. The monoisotopic (exact) mass is 219 g/mol. The number of rotatable bonds is 1. The first-order valence-corrected chi connectivity index (χ1v) is 5.95. The number of fused-ring (bicyclic) bond motifs is 1. The van der Waals surface area contributed by atoms with Crippen LogP contribution in [0.5, 0.6) is 11.5 Å². The maximum absolute atomic E-state index is 5.76. The zero-order valence-corrected chi connectivity index (χ0v) is 9.61. The van der Waals surface area contributed by atoms with Crippen molar-refractivity contribution in [3.8, 4) is 11.5 Å². The van der Waals surface area contributed by atoms with Crippen molar-refractivity contribution in [2.45, 2.75) is 18.9 Å². The van der Waals surface area contributed by atoms with Gasteiger partial charge in [0.2, 0.25) is 0 Å². The minimum absolute atomic E-state index is 0.497. The van der Waals surface area contributed by atoms with Gasteiger partial charge >= 0.3 is 0 Å². The molecule has 0 saturated carbocycles. The second-order valence-corrected chi connectivity index (χ2v) is 4.51. The lowest BCUT2D eigenvalue weighted by atomic mass is 10.0. The van der Waals surface area contributed by atoms with Gasteiger partial charge in [0.15, 0.2) is 11.5 Å². The number of ether oxygens (including phenoxy) is 2. The highest BCUT2D eigenvalue weighted by Crippen LogP contribution is 2.41. The Labute approximate surface area is 96.0 Å². The number of nitrogens with zero attached hydrogens (tertiary/aromatic N) is 1. The molecule has 2 aliphatic rings. The Balaban J connectivity index is 2.00. The second kappa shape index (κ2) is 3.98. The molecule has 0 aromatic heterocycles. The Bertz CT molecular complexity index is 392. The van der Waals surface area contributed by atoms with Gasteiger partial charge in [-0.2, -0.15) is 0 Å². The van der Waals surface area contributed by atoms with E-state index in [1.807, 2.05) is 6.07 Å². The van der Waals surface area contributed by atoms with E-state index in [1.165, 1.54) is 24.9 Å². The van der Waals surface area contributed by atoms with Gasteiger partial charge in [-0.05, 0) is 32.5 Å². The number of likely N-dealkylation sites (tertiary alicyclic amines) is 1. The maximum atomic E-state index is 5.76. The molecule has 2 aliphatic heterocycles. The maximum Gasteiger partial charge on any atom is 0.166 e. The lowest BCUT2D eigenvalue weighted by Crippen LogP contribution is -2.21. The normalized spacial score (nSPS) is 24.7. The Hall–Kier alpha value is -1.22. The van der Waals surface area contributed by atoms with Gasteiger partial charge in [-0.25, -0.2) is 0 Å². The van der Waals surface area contributed by atoms with Gasteiger partial charge in [-0.1, -0.05) is 12.1 Å². The van der Waals surface area contributed by atoms with Crippen LogP contribution in [0.25, 0.3) is 0 Å². The molecule has 0 N–H and O–H groups in total. The molecule has 0 spiro atoms. The molecule has 3 rings (SSSR count). The van der Waals surface area contributed by atoms with E-state index in [-0.39, 0.29) is 0 Å². The van der Waals surface area contributed by atoms with Crippen LogP contribution in [-0.4, -0.2) is 31.7 Å². The third-order valence-corrected chi connectivity index (χ3v) is 3.48. The summed E-state index contributed by atoms with van der Waals surface area (Å²) in [5.74, 6) is 1.87. The van der Waals surface area contributed by atoms with Gasteiger partial charge < -0.3 is 9.47 Å². The molecule has 16 heavy (non-hydrogen) atoms. The van der Waals surface area contributed by atoms with Crippen molar-refractivity contribution in [3.05, 3.63) is 23.8 Å². The molecule has 0 amide bonds. The van der Waals surface area contributed by atoms with Crippen molar-refractivity contribution in [2.24, 2.45) is 0 Å². The van der Waals surface area contributed by atoms with Gasteiger partial charge in [0.25, 0.3) is 0 Å². The average molecular weight is 219 g/mol. The highest BCUT2D eigenvalue weighted by atomic mass is 16.6. The van der Waals surface area contributed by atoms with Crippen molar-refractivity contribution < 1.29 is 9.47 Å². The smallest absolute Gasteiger partial charge is 0.166 e. The molecule has 0 bridgehead atoms. The van der Waals surface area contributed by atoms with Gasteiger partial charge in [0, 0.05) is 11.6 Å². The molecule has 0 radical (unpaired) electrons. The first-order valence-electron chi connectivity index (χ1n) is 5.95. The fourth-order valence-electron chi connectivity index (χ4n) is 2.66. The fraction of sp³-hybridized carbons (Fsp3) is 0.538. The van der Waals surface area contributed by atoms with Crippen molar-refractivity contribution in [2.75, 3.05) is 26.8 Å². The van der Waals surface area contributed by atoms with Crippen molar-refractivity contribution >= 4 is 0 Å². The highest BCUT2D eigenvalue weighted by molar-refractivity contribution is 5.49. The molecule has 2 heterocycles. The van der Waals surface area contributed by atoms with Crippen LogP contribution in [0.15, 0.2) is 18.2 Å². The number of benzene rings is 1. The number of para-hydroxylation sites is 1. The third-order valence-electron chi connectivity index (χ3n) is 3.48. The van der Waals surface area contributed by atoms with Crippen LogP contribution in [0.4, 0.5) is 0 Å². The topological polar surface area (TPSA) is 21.7 Å². The van der Waals surface area contributed by atoms with Gasteiger partial charge in [-0.3, -0.25) is 4.90 Å². The molecule has 0 unspecified atom stereocenters. The summed E-state index contributed by atoms with van der Waals surface area (Å²) >= 11 is 0. The molecule has 1 saturated heterocycles.